The van der Waals surface area contributed by atoms with Crippen molar-refractivity contribution in [1.82, 2.24) is 19.5 Å². The third kappa shape index (κ3) is 4.87. The Bertz CT molecular complexity index is 3450. The molecule has 12 aromatic rings. The Morgan fingerprint density at radius 2 is 0.965 bits per heavy atom. The molecule has 0 saturated heterocycles. The van der Waals surface area contributed by atoms with Crippen LogP contribution in [0.1, 0.15) is 0 Å². The van der Waals surface area contributed by atoms with Crippen molar-refractivity contribution < 1.29 is 8.83 Å². The third-order valence-corrected chi connectivity index (χ3v) is 11.1. The van der Waals surface area contributed by atoms with Gasteiger partial charge in [-0.25, -0.2) is 15.0 Å². The van der Waals surface area contributed by atoms with E-state index >= 15 is 0 Å². The SMILES string of the molecule is c1ccc(-c2nc(-c3ccccc3)nc(-c3cccc4oc5c(-n6c7ccccc7c7cc8c(cc76)oc6ccccc68)ccc(-c6ccccc6)c5c34)n2)cc1. The molecule has 0 radical (unpaired) electrons. The Labute approximate surface area is 325 Å². The van der Waals surface area contributed by atoms with Crippen LogP contribution in [-0.2, 0) is 0 Å². The second-order valence-corrected chi connectivity index (χ2v) is 14.3. The van der Waals surface area contributed by atoms with E-state index < -0.39 is 0 Å². The molecule has 57 heavy (non-hydrogen) atoms. The summed E-state index contributed by atoms with van der Waals surface area (Å²) in [6, 6.07) is 62.5. The highest BCUT2D eigenvalue weighted by Gasteiger charge is 2.25. The Kier molecular flexibility index (Phi) is 6.83. The Balaban J connectivity index is 1.18. The van der Waals surface area contributed by atoms with Gasteiger partial charge < -0.3 is 13.4 Å². The van der Waals surface area contributed by atoms with Crippen LogP contribution in [0.3, 0.4) is 0 Å². The van der Waals surface area contributed by atoms with E-state index in [1.165, 1.54) is 0 Å². The minimum atomic E-state index is 0.574. The van der Waals surface area contributed by atoms with Crippen LogP contribution >= 0.6 is 0 Å². The fourth-order valence-corrected chi connectivity index (χ4v) is 8.50. The van der Waals surface area contributed by atoms with E-state index in [2.05, 4.69) is 95.6 Å². The van der Waals surface area contributed by atoms with Gasteiger partial charge >= 0.3 is 0 Å². The van der Waals surface area contributed by atoms with Gasteiger partial charge in [0.2, 0.25) is 0 Å². The minimum Gasteiger partial charge on any atom is -0.456 e. The van der Waals surface area contributed by atoms with Crippen LogP contribution in [-0.4, -0.2) is 19.5 Å². The number of fused-ring (bicyclic) bond motifs is 9. The van der Waals surface area contributed by atoms with Gasteiger partial charge in [-0.1, -0.05) is 146 Å². The predicted molar refractivity (Wildman–Crippen MR) is 230 cm³/mol. The number of aromatic nitrogens is 4. The van der Waals surface area contributed by atoms with Crippen molar-refractivity contribution in [3.8, 4) is 51.0 Å². The van der Waals surface area contributed by atoms with Crippen LogP contribution in [0.2, 0.25) is 0 Å². The van der Waals surface area contributed by atoms with Gasteiger partial charge in [0, 0.05) is 55.1 Å². The van der Waals surface area contributed by atoms with E-state index in [0.29, 0.717) is 17.5 Å². The second-order valence-electron chi connectivity index (χ2n) is 14.3. The number of para-hydroxylation sites is 2. The number of benzene rings is 8. The first-order valence-corrected chi connectivity index (χ1v) is 19.0. The molecule has 0 atom stereocenters. The molecular weight excluding hydrogens is 701 g/mol. The molecule has 0 amide bonds. The largest absolute Gasteiger partial charge is 0.456 e. The summed E-state index contributed by atoms with van der Waals surface area (Å²) in [5.41, 5.74) is 11.1. The maximum atomic E-state index is 7.08. The second kappa shape index (κ2) is 12.3. The van der Waals surface area contributed by atoms with Crippen LogP contribution in [0.4, 0.5) is 0 Å². The molecule has 0 bridgehead atoms. The van der Waals surface area contributed by atoms with Crippen molar-refractivity contribution in [2.75, 3.05) is 0 Å². The number of nitrogens with zero attached hydrogens (tertiary/aromatic N) is 4. The quantitative estimate of drug-likeness (QED) is 0.176. The molecule has 6 nitrogen and oxygen atoms in total. The predicted octanol–water partition coefficient (Wildman–Crippen LogP) is 13.4. The fraction of sp³-hybridized carbons (Fsp3) is 0. The van der Waals surface area contributed by atoms with E-state index in [1.807, 2.05) is 91.0 Å². The van der Waals surface area contributed by atoms with Crippen molar-refractivity contribution in [1.29, 1.82) is 0 Å². The van der Waals surface area contributed by atoms with E-state index in [-0.39, 0.29) is 0 Å². The summed E-state index contributed by atoms with van der Waals surface area (Å²) in [4.78, 5) is 15.3. The number of rotatable bonds is 5. The maximum Gasteiger partial charge on any atom is 0.164 e. The van der Waals surface area contributed by atoms with E-state index in [4.69, 9.17) is 23.8 Å². The maximum absolute atomic E-state index is 7.08. The van der Waals surface area contributed by atoms with Crippen molar-refractivity contribution in [2.45, 2.75) is 0 Å². The summed E-state index contributed by atoms with van der Waals surface area (Å²) < 4.78 is 15.9. The average Bonchev–Trinajstić information content (AvgIpc) is 3.96. The van der Waals surface area contributed by atoms with Crippen LogP contribution < -0.4 is 0 Å². The molecule has 0 N–H and O–H groups in total. The molecule has 12 rings (SSSR count). The minimum absolute atomic E-state index is 0.574. The first kappa shape index (κ1) is 31.5. The zero-order valence-corrected chi connectivity index (χ0v) is 30.4. The molecule has 4 heterocycles. The topological polar surface area (TPSA) is 69.9 Å². The Hall–Kier alpha value is -7.83. The summed E-state index contributed by atoms with van der Waals surface area (Å²) >= 11 is 0. The summed E-state index contributed by atoms with van der Waals surface area (Å²) in [5, 5.41) is 6.44. The van der Waals surface area contributed by atoms with E-state index in [0.717, 1.165) is 99.2 Å². The van der Waals surface area contributed by atoms with E-state index in [9.17, 15) is 0 Å². The molecule has 266 valence electrons. The normalized spacial score (nSPS) is 11.9. The first-order chi connectivity index (χ1) is 28.3. The van der Waals surface area contributed by atoms with Crippen LogP contribution in [0, 0.1) is 0 Å². The van der Waals surface area contributed by atoms with Crippen LogP contribution in [0.15, 0.2) is 191 Å². The van der Waals surface area contributed by atoms with Crippen LogP contribution in [0.5, 0.6) is 0 Å². The lowest BCUT2D eigenvalue weighted by Crippen LogP contribution is -2.00. The van der Waals surface area contributed by atoms with Gasteiger partial charge in [0.25, 0.3) is 0 Å². The summed E-state index contributed by atoms with van der Waals surface area (Å²) in [5.74, 6) is 1.79. The molecular formula is C51H30N4O2. The molecule has 0 saturated carbocycles. The molecule has 4 aromatic heterocycles. The molecule has 8 aromatic carbocycles. The molecule has 0 unspecified atom stereocenters. The summed E-state index contributed by atoms with van der Waals surface area (Å²) in [6.07, 6.45) is 0. The summed E-state index contributed by atoms with van der Waals surface area (Å²) in [7, 11) is 0. The highest BCUT2D eigenvalue weighted by molar-refractivity contribution is 6.21. The van der Waals surface area contributed by atoms with Crippen molar-refractivity contribution in [3.05, 3.63) is 182 Å². The zero-order chi connectivity index (χ0) is 37.5. The van der Waals surface area contributed by atoms with Gasteiger partial charge in [-0.15, -0.1) is 0 Å². The smallest absolute Gasteiger partial charge is 0.164 e. The van der Waals surface area contributed by atoms with E-state index in [1.54, 1.807) is 0 Å². The van der Waals surface area contributed by atoms with Gasteiger partial charge in [0.1, 0.15) is 16.7 Å². The van der Waals surface area contributed by atoms with Crippen molar-refractivity contribution in [2.24, 2.45) is 0 Å². The van der Waals surface area contributed by atoms with Crippen LogP contribution in [0.25, 0.3) is 117 Å². The third-order valence-electron chi connectivity index (χ3n) is 11.1. The lowest BCUT2D eigenvalue weighted by molar-refractivity contribution is 0.666. The first-order valence-electron chi connectivity index (χ1n) is 19.0. The van der Waals surface area contributed by atoms with Crippen molar-refractivity contribution in [3.63, 3.8) is 0 Å². The highest BCUT2D eigenvalue weighted by atomic mass is 16.3. The number of hydrogen-bond donors (Lipinski definition) is 0. The average molecular weight is 731 g/mol. The van der Waals surface area contributed by atoms with Gasteiger partial charge in [0.15, 0.2) is 23.1 Å². The number of hydrogen-bond acceptors (Lipinski definition) is 5. The number of furan rings is 2. The molecule has 6 heteroatoms. The lowest BCUT2D eigenvalue weighted by atomic mass is 9.96. The van der Waals surface area contributed by atoms with Gasteiger partial charge in [-0.3, -0.25) is 0 Å². The lowest BCUT2D eigenvalue weighted by Gasteiger charge is -2.12. The molecule has 0 aliphatic heterocycles. The standard InChI is InChI=1S/C51H30N4O2/c1-4-15-31(16-5-1)34-27-28-41(55-40-24-12-10-21-35(40)38-29-39-36-22-11-13-25-43(36)56-45(39)30-42(38)55)48-47(34)46-37(23-14-26-44(46)57-48)51-53-49(32-17-6-2-7-18-32)52-50(54-51)33-19-8-3-9-20-33/h1-30H. The summed E-state index contributed by atoms with van der Waals surface area (Å²) in [6.45, 7) is 0. The molecule has 0 fully saturated rings. The Morgan fingerprint density at radius 1 is 0.351 bits per heavy atom. The molecule has 0 spiro atoms. The highest BCUT2D eigenvalue weighted by Crippen LogP contribution is 2.46. The van der Waals surface area contributed by atoms with Gasteiger partial charge in [0.05, 0.1) is 16.7 Å². The fourth-order valence-electron chi connectivity index (χ4n) is 8.50. The monoisotopic (exact) mass is 730 g/mol. The Morgan fingerprint density at radius 3 is 1.70 bits per heavy atom. The van der Waals surface area contributed by atoms with Crippen molar-refractivity contribution >= 4 is 65.7 Å². The molecule has 0 aliphatic carbocycles. The zero-order valence-electron chi connectivity index (χ0n) is 30.4. The van der Waals surface area contributed by atoms with Gasteiger partial charge in [-0.2, -0.15) is 0 Å². The van der Waals surface area contributed by atoms with Gasteiger partial charge in [-0.05, 0) is 41.5 Å². The molecule has 0 aliphatic rings.